The first-order valence-corrected chi connectivity index (χ1v) is 7.61. The fourth-order valence-corrected chi connectivity index (χ4v) is 2.20. The zero-order chi connectivity index (χ0) is 14.4. The molecule has 0 amide bonds. The molecule has 0 spiro atoms. The van der Waals surface area contributed by atoms with Gasteiger partial charge in [0.2, 0.25) is 0 Å². The third-order valence-electron chi connectivity index (χ3n) is 3.46. The molecule has 0 aliphatic heterocycles. The lowest BCUT2D eigenvalue weighted by Crippen LogP contribution is -2.31. The molecule has 1 heterocycles. The Morgan fingerprint density at radius 2 is 2.20 bits per heavy atom. The Morgan fingerprint density at radius 3 is 2.75 bits per heavy atom. The molecule has 1 fully saturated rings. The normalized spacial score (nSPS) is 14.8. The Morgan fingerprint density at radius 1 is 1.40 bits per heavy atom. The summed E-state index contributed by atoms with van der Waals surface area (Å²) >= 11 is 0. The molecule has 0 radical (unpaired) electrons. The summed E-state index contributed by atoms with van der Waals surface area (Å²) in [6, 6.07) is 5.05. The predicted octanol–water partition coefficient (Wildman–Crippen LogP) is 2.44. The van der Waals surface area contributed by atoms with Gasteiger partial charge in [-0.05, 0) is 30.4 Å². The van der Waals surface area contributed by atoms with Crippen LogP contribution in [0.1, 0.15) is 32.3 Å². The molecular weight excluding hydrogens is 250 g/mol. The summed E-state index contributed by atoms with van der Waals surface area (Å²) in [5.41, 5.74) is 1.26. The van der Waals surface area contributed by atoms with E-state index in [2.05, 4.69) is 41.2 Å². The van der Waals surface area contributed by atoms with E-state index in [1.807, 2.05) is 6.20 Å². The van der Waals surface area contributed by atoms with Gasteiger partial charge in [0.1, 0.15) is 5.82 Å². The fourth-order valence-electron chi connectivity index (χ4n) is 2.20. The molecule has 1 aliphatic rings. The Bertz CT molecular complexity index is 387. The van der Waals surface area contributed by atoms with Crippen molar-refractivity contribution in [3.05, 3.63) is 23.9 Å². The summed E-state index contributed by atoms with van der Waals surface area (Å²) < 4.78 is 5.19. The Kier molecular flexibility index (Phi) is 5.80. The molecular formula is C16H27N3O. The van der Waals surface area contributed by atoms with Gasteiger partial charge in [-0.2, -0.15) is 0 Å². The fraction of sp³-hybridized carbons (Fsp3) is 0.688. The SMILES string of the molecule is COCCN(CC(C)C)c1ccc(CNC2CC2)cn1. The second kappa shape index (κ2) is 7.60. The molecule has 112 valence electrons. The molecule has 0 saturated heterocycles. The Hall–Kier alpha value is -1.13. The van der Waals surface area contributed by atoms with Crippen molar-refractivity contribution in [2.24, 2.45) is 5.92 Å². The highest BCUT2D eigenvalue weighted by molar-refractivity contribution is 5.39. The quantitative estimate of drug-likeness (QED) is 0.752. The van der Waals surface area contributed by atoms with Gasteiger partial charge in [-0.3, -0.25) is 0 Å². The van der Waals surface area contributed by atoms with Gasteiger partial charge in [0, 0.05) is 39.0 Å². The van der Waals surface area contributed by atoms with E-state index in [0.717, 1.165) is 38.1 Å². The molecule has 4 nitrogen and oxygen atoms in total. The number of aromatic nitrogens is 1. The maximum absolute atomic E-state index is 5.19. The molecule has 1 saturated carbocycles. The largest absolute Gasteiger partial charge is 0.383 e. The predicted molar refractivity (Wildman–Crippen MR) is 83.0 cm³/mol. The van der Waals surface area contributed by atoms with E-state index in [1.54, 1.807) is 7.11 Å². The molecule has 0 bridgehead atoms. The zero-order valence-electron chi connectivity index (χ0n) is 12.9. The van der Waals surface area contributed by atoms with Gasteiger partial charge in [0.15, 0.2) is 0 Å². The molecule has 20 heavy (non-hydrogen) atoms. The topological polar surface area (TPSA) is 37.4 Å². The van der Waals surface area contributed by atoms with Crippen molar-refractivity contribution in [2.75, 3.05) is 31.7 Å². The van der Waals surface area contributed by atoms with Crippen molar-refractivity contribution in [2.45, 2.75) is 39.3 Å². The molecule has 1 N–H and O–H groups in total. The summed E-state index contributed by atoms with van der Waals surface area (Å²) in [6.45, 7) is 8.03. The molecule has 0 aromatic carbocycles. The Balaban J connectivity index is 1.92. The molecule has 1 aromatic rings. The number of ether oxygens (including phenoxy) is 1. The lowest BCUT2D eigenvalue weighted by Gasteiger charge is -2.25. The lowest BCUT2D eigenvalue weighted by atomic mass is 10.2. The van der Waals surface area contributed by atoms with Crippen LogP contribution in [0, 0.1) is 5.92 Å². The highest BCUT2D eigenvalue weighted by Gasteiger charge is 2.20. The van der Waals surface area contributed by atoms with Gasteiger partial charge in [-0.25, -0.2) is 4.98 Å². The van der Waals surface area contributed by atoms with Crippen LogP contribution in [0.2, 0.25) is 0 Å². The number of hydrogen-bond acceptors (Lipinski definition) is 4. The van der Waals surface area contributed by atoms with Gasteiger partial charge in [-0.1, -0.05) is 19.9 Å². The van der Waals surface area contributed by atoms with E-state index in [1.165, 1.54) is 18.4 Å². The first-order valence-electron chi connectivity index (χ1n) is 7.61. The minimum Gasteiger partial charge on any atom is -0.383 e. The van der Waals surface area contributed by atoms with Gasteiger partial charge in [-0.15, -0.1) is 0 Å². The van der Waals surface area contributed by atoms with E-state index in [4.69, 9.17) is 4.74 Å². The molecule has 0 unspecified atom stereocenters. The highest BCUT2D eigenvalue weighted by Crippen LogP contribution is 2.19. The van der Waals surface area contributed by atoms with Crippen molar-refractivity contribution in [1.29, 1.82) is 0 Å². The summed E-state index contributed by atoms with van der Waals surface area (Å²) in [4.78, 5) is 6.91. The van der Waals surface area contributed by atoms with Crippen molar-refractivity contribution in [3.8, 4) is 0 Å². The van der Waals surface area contributed by atoms with Crippen molar-refractivity contribution >= 4 is 5.82 Å². The smallest absolute Gasteiger partial charge is 0.128 e. The van der Waals surface area contributed by atoms with E-state index in [9.17, 15) is 0 Å². The average molecular weight is 277 g/mol. The maximum atomic E-state index is 5.19. The number of nitrogens with zero attached hydrogens (tertiary/aromatic N) is 2. The van der Waals surface area contributed by atoms with Gasteiger partial charge >= 0.3 is 0 Å². The molecule has 1 aliphatic carbocycles. The van der Waals surface area contributed by atoms with Gasteiger partial charge in [0.05, 0.1) is 6.61 Å². The van der Waals surface area contributed by atoms with Gasteiger partial charge < -0.3 is 15.0 Å². The summed E-state index contributed by atoms with van der Waals surface area (Å²) in [6.07, 6.45) is 4.64. The first-order chi connectivity index (χ1) is 9.69. The number of hydrogen-bond donors (Lipinski definition) is 1. The van der Waals surface area contributed by atoms with E-state index in [0.29, 0.717) is 5.92 Å². The van der Waals surface area contributed by atoms with Crippen LogP contribution in [0.3, 0.4) is 0 Å². The standard InChI is InChI=1S/C16H27N3O/c1-13(2)12-19(8-9-20-3)16-7-4-14(11-18-16)10-17-15-5-6-15/h4,7,11,13,15,17H,5-6,8-10,12H2,1-3H3. The molecule has 4 heteroatoms. The lowest BCUT2D eigenvalue weighted by molar-refractivity contribution is 0.204. The summed E-state index contributed by atoms with van der Waals surface area (Å²) in [7, 11) is 1.74. The monoisotopic (exact) mass is 277 g/mol. The minimum absolute atomic E-state index is 0.616. The van der Waals surface area contributed by atoms with Crippen molar-refractivity contribution < 1.29 is 4.74 Å². The van der Waals surface area contributed by atoms with Crippen molar-refractivity contribution in [1.82, 2.24) is 10.3 Å². The molecule has 0 atom stereocenters. The second-order valence-electron chi connectivity index (χ2n) is 6.01. The number of pyridine rings is 1. The third-order valence-corrected chi connectivity index (χ3v) is 3.46. The number of nitrogens with one attached hydrogen (secondary N) is 1. The van der Waals surface area contributed by atoms with Crippen LogP contribution in [0.4, 0.5) is 5.82 Å². The second-order valence-corrected chi connectivity index (χ2v) is 6.01. The third kappa shape index (κ3) is 5.10. The number of rotatable bonds is 9. The number of methoxy groups -OCH3 is 1. The highest BCUT2D eigenvalue weighted by atomic mass is 16.5. The number of anilines is 1. The minimum atomic E-state index is 0.616. The van der Waals surface area contributed by atoms with Gasteiger partial charge in [0.25, 0.3) is 0 Å². The van der Waals surface area contributed by atoms with Crippen LogP contribution in [-0.4, -0.2) is 37.8 Å². The van der Waals surface area contributed by atoms with E-state index < -0.39 is 0 Å². The van der Waals surface area contributed by atoms with Crippen LogP contribution in [0.5, 0.6) is 0 Å². The van der Waals surface area contributed by atoms with Crippen molar-refractivity contribution in [3.63, 3.8) is 0 Å². The van der Waals surface area contributed by atoms with E-state index >= 15 is 0 Å². The van der Waals surface area contributed by atoms with Crippen LogP contribution in [-0.2, 0) is 11.3 Å². The summed E-state index contributed by atoms with van der Waals surface area (Å²) in [5, 5.41) is 3.51. The zero-order valence-corrected chi connectivity index (χ0v) is 12.9. The van der Waals surface area contributed by atoms with Crippen LogP contribution >= 0.6 is 0 Å². The maximum Gasteiger partial charge on any atom is 0.128 e. The van der Waals surface area contributed by atoms with Crippen LogP contribution < -0.4 is 10.2 Å². The molecule has 1 aromatic heterocycles. The Labute approximate surface area is 122 Å². The van der Waals surface area contributed by atoms with Crippen LogP contribution in [0.15, 0.2) is 18.3 Å². The molecule has 2 rings (SSSR count). The summed E-state index contributed by atoms with van der Waals surface area (Å²) in [5.74, 6) is 1.66. The first kappa shape index (κ1) is 15.3. The van der Waals surface area contributed by atoms with E-state index in [-0.39, 0.29) is 0 Å². The average Bonchev–Trinajstić information content (AvgIpc) is 3.25. The van der Waals surface area contributed by atoms with Crippen LogP contribution in [0.25, 0.3) is 0 Å².